The van der Waals surface area contributed by atoms with E-state index in [0.29, 0.717) is 0 Å². The first kappa shape index (κ1) is 11.0. The lowest BCUT2D eigenvalue weighted by Gasteiger charge is -2.29. The van der Waals surface area contributed by atoms with Crippen LogP contribution in [0.5, 0.6) is 0 Å². The summed E-state index contributed by atoms with van der Waals surface area (Å²) in [5.74, 6) is -0.438. The molecule has 4 nitrogen and oxygen atoms in total. The molecular weight excluding hydrogens is 182 g/mol. The van der Waals surface area contributed by atoms with Gasteiger partial charge in [0.2, 0.25) is 5.91 Å². The third-order valence-corrected chi connectivity index (χ3v) is 2.66. The Kier molecular flexibility index (Phi) is 3.92. The molecule has 0 aromatic rings. The monoisotopic (exact) mass is 199 g/mol. The molecule has 1 rings (SSSR count). The van der Waals surface area contributed by atoms with Gasteiger partial charge in [0.15, 0.2) is 0 Å². The molecule has 4 heteroatoms. The molecule has 1 saturated carbocycles. The predicted molar refractivity (Wildman–Crippen MR) is 51.6 cm³/mol. The third-order valence-electron chi connectivity index (χ3n) is 2.66. The molecular formula is C10H17NO3. The van der Waals surface area contributed by atoms with Crippen molar-refractivity contribution in [3.05, 3.63) is 0 Å². The molecule has 1 amide bonds. The van der Waals surface area contributed by atoms with Gasteiger partial charge < -0.3 is 10.1 Å². The van der Waals surface area contributed by atoms with Gasteiger partial charge in [0.05, 0.1) is 13.0 Å². The van der Waals surface area contributed by atoms with Gasteiger partial charge in [-0.05, 0) is 12.8 Å². The molecule has 2 atom stereocenters. The van der Waals surface area contributed by atoms with Crippen molar-refractivity contribution in [2.75, 3.05) is 7.11 Å². The Balaban J connectivity index is 2.58. The van der Waals surface area contributed by atoms with Gasteiger partial charge in [-0.15, -0.1) is 0 Å². The number of amides is 1. The highest BCUT2D eigenvalue weighted by Crippen LogP contribution is 2.25. The van der Waals surface area contributed by atoms with Gasteiger partial charge in [0.1, 0.15) is 0 Å². The van der Waals surface area contributed by atoms with Gasteiger partial charge in [0.25, 0.3) is 0 Å². The molecule has 14 heavy (non-hydrogen) atoms. The van der Waals surface area contributed by atoms with Crippen LogP contribution in [0.2, 0.25) is 0 Å². The average Bonchev–Trinajstić information content (AvgIpc) is 2.16. The van der Waals surface area contributed by atoms with Crippen molar-refractivity contribution in [2.45, 2.75) is 38.6 Å². The largest absolute Gasteiger partial charge is 0.469 e. The fourth-order valence-corrected chi connectivity index (χ4v) is 2.00. The fraction of sp³-hybridized carbons (Fsp3) is 0.800. The minimum absolute atomic E-state index is 0.0336. The molecule has 0 spiro atoms. The normalized spacial score (nSPS) is 26.7. The van der Waals surface area contributed by atoms with E-state index in [1.807, 2.05) is 0 Å². The number of nitrogens with one attached hydrogen (secondary N) is 1. The van der Waals surface area contributed by atoms with Gasteiger partial charge in [-0.25, -0.2) is 0 Å². The molecule has 80 valence electrons. The molecule has 1 fully saturated rings. The van der Waals surface area contributed by atoms with E-state index in [1.165, 1.54) is 14.0 Å². The fourth-order valence-electron chi connectivity index (χ4n) is 2.00. The Morgan fingerprint density at radius 3 is 2.50 bits per heavy atom. The molecule has 0 heterocycles. The van der Waals surface area contributed by atoms with Gasteiger partial charge >= 0.3 is 5.97 Å². The van der Waals surface area contributed by atoms with Gasteiger partial charge in [0, 0.05) is 13.0 Å². The van der Waals surface area contributed by atoms with Crippen LogP contribution in [0.15, 0.2) is 0 Å². The Morgan fingerprint density at radius 2 is 1.93 bits per heavy atom. The van der Waals surface area contributed by atoms with Crippen molar-refractivity contribution >= 4 is 11.9 Å². The minimum atomic E-state index is -0.205. The highest BCUT2D eigenvalue weighted by atomic mass is 16.5. The molecule has 1 N–H and O–H groups in total. The van der Waals surface area contributed by atoms with Crippen molar-refractivity contribution in [1.29, 1.82) is 0 Å². The topological polar surface area (TPSA) is 55.4 Å². The van der Waals surface area contributed by atoms with Crippen LogP contribution in [0.1, 0.15) is 32.6 Å². The number of hydrogen-bond donors (Lipinski definition) is 1. The van der Waals surface area contributed by atoms with E-state index < -0.39 is 0 Å². The van der Waals surface area contributed by atoms with Crippen molar-refractivity contribution in [3.63, 3.8) is 0 Å². The highest BCUT2D eigenvalue weighted by Gasteiger charge is 2.31. The molecule has 0 aromatic heterocycles. The van der Waals surface area contributed by atoms with Crippen LogP contribution < -0.4 is 5.32 Å². The first-order valence-electron chi connectivity index (χ1n) is 5.00. The zero-order chi connectivity index (χ0) is 10.6. The second-order valence-electron chi connectivity index (χ2n) is 3.72. The second kappa shape index (κ2) is 4.98. The first-order valence-corrected chi connectivity index (χ1v) is 5.00. The molecule has 0 aromatic carbocycles. The lowest BCUT2D eigenvalue weighted by molar-refractivity contribution is -0.147. The molecule has 0 saturated heterocycles. The molecule has 0 aliphatic heterocycles. The summed E-state index contributed by atoms with van der Waals surface area (Å²) in [6.07, 6.45) is 3.80. The number of esters is 1. The summed E-state index contributed by atoms with van der Waals surface area (Å²) >= 11 is 0. The molecule has 2 unspecified atom stereocenters. The maximum atomic E-state index is 11.4. The zero-order valence-electron chi connectivity index (χ0n) is 8.71. The van der Waals surface area contributed by atoms with E-state index in [4.69, 9.17) is 4.74 Å². The number of ether oxygens (including phenoxy) is 1. The summed E-state index contributed by atoms with van der Waals surface area (Å²) in [5.41, 5.74) is 0. The van der Waals surface area contributed by atoms with Crippen LogP contribution in [0.25, 0.3) is 0 Å². The number of methoxy groups -OCH3 is 1. The summed E-state index contributed by atoms with van der Waals surface area (Å²) in [7, 11) is 1.39. The third kappa shape index (κ3) is 2.72. The Bertz CT molecular complexity index is 227. The Hall–Kier alpha value is -1.06. The van der Waals surface area contributed by atoms with Crippen LogP contribution in [0, 0.1) is 5.92 Å². The molecule has 0 radical (unpaired) electrons. The lowest BCUT2D eigenvalue weighted by Crippen LogP contribution is -2.44. The second-order valence-corrected chi connectivity index (χ2v) is 3.72. The van der Waals surface area contributed by atoms with E-state index in [1.54, 1.807) is 0 Å². The first-order chi connectivity index (χ1) is 6.65. The number of hydrogen-bond acceptors (Lipinski definition) is 3. The number of carbonyl (C=O) groups excluding carboxylic acids is 2. The quantitative estimate of drug-likeness (QED) is 0.671. The smallest absolute Gasteiger partial charge is 0.310 e. The van der Waals surface area contributed by atoms with Gasteiger partial charge in [-0.1, -0.05) is 12.8 Å². The van der Waals surface area contributed by atoms with Crippen molar-refractivity contribution in [2.24, 2.45) is 5.92 Å². The van der Waals surface area contributed by atoms with Crippen LogP contribution in [-0.4, -0.2) is 25.0 Å². The van der Waals surface area contributed by atoms with Crippen LogP contribution in [0.3, 0.4) is 0 Å². The van der Waals surface area contributed by atoms with Crippen LogP contribution in [0.4, 0.5) is 0 Å². The average molecular weight is 199 g/mol. The van der Waals surface area contributed by atoms with Crippen molar-refractivity contribution in [1.82, 2.24) is 5.32 Å². The lowest BCUT2D eigenvalue weighted by atomic mass is 9.84. The highest BCUT2D eigenvalue weighted by molar-refractivity contribution is 5.77. The van der Waals surface area contributed by atoms with Crippen LogP contribution >= 0.6 is 0 Å². The van der Waals surface area contributed by atoms with Gasteiger partial charge in [-0.2, -0.15) is 0 Å². The minimum Gasteiger partial charge on any atom is -0.469 e. The van der Waals surface area contributed by atoms with E-state index in [-0.39, 0.29) is 23.8 Å². The van der Waals surface area contributed by atoms with Crippen molar-refractivity contribution < 1.29 is 14.3 Å². The number of carbonyl (C=O) groups is 2. The molecule has 1 aliphatic rings. The zero-order valence-corrected chi connectivity index (χ0v) is 8.71. The summed E-state index contributed by atoms with van der Waals surface area (Å²) in [6.45, 7) is 1.48. The summed E-state index contributed by atoms with van der Waals surface area (Å²) in [5, 5.41) is 2.81. The van der Waals surface area contributed by atoms with E-state index in [2.05, 4.69) is 5.32 Å². The van der Waals surface area contributed by atoms with E-state index >= 15 is 0 Å². The van der Waals surface area contributed by atoms with Gasteiger partial charge in [-0.3, -0.25) is 9.59 Å². The summed E-state index contributed by atoms with van der Waals surface area (Å²) in [6, 6.07) is -0.0336. The maximum absolute atomic E-state index is 11.4. The van der Waals surface area contributed by atoms with Crippen molar-refractivity contribution in [3.8, 4) is 0 Å². The molecule has 0 bridgehead atoms. The van der Waals surface area contributed by atoms with Crippen LogP contribution in [-0.2, 0) is 14.3 Å². The Labute approximate surface area is 84.0 Å². The summed E-state index contributed by atoms with van der Waals surface area (Å²) < 4.78 is 4.71. The summed E-state index contributed by atoms with van der Waals surface area (Å²) in [4.78, 5) is 22.3. The van der Waals surface area contributed by atoms with E-state index in [0.717, 1.165) is 25.7 Å². The molecule has 1 aliphatic carbocycles. The Morgan fingerprint density at radius 1 is 1.29 bits per heavy atom. The van der Waals surface area contributed by atoms with E-state index in [9.17, 15) is 9.59 Å². The SMILES string of the molecule is COC(=O)C1CCCCC1NC(C)=O. The standard InChI is InChI=1S/C10H17NO3/c1-7(12)11-9-6-4-3-5-8(9)10(13)14-2/h8-9H,3-6H2,1-2H3,(H,11,12). The maximum Gasteiger partial charge on any atom is 0.310 e. The predicted octanol–water partition coefficient (Wildman–Crippen LogP) is 0.854. The number of rotatable bonds is 2.